The van der Waals surface area contributed by atoms with Crippen LogP contribution in [0.15, 0.2) is 41.8 Å². The Balaban J connectivity index is 1.48. The van der Waals surface area contributed by atoms with Crippen LogP contribution in [0.25, 0.3) is 0 Å². The van der Waals surface area contributed by atoms with Crippen molar-refractivity contribution in [1.29, 1.82) is 0 Å². The van der Waals surface area contributed by atoms with Gasteiger partial charge >= 0.3 is 0 Å². The van der Waals surface area contributed by atoms with Crippen LogP contribution in [0.1, 0.15) is 36.6 Å². The standard InChI is InChI=1S/C20H27NO3S/c1-23-17-8-10-18(11-9-17)24-14-16(22)13-21-20(15-5-2-3-6-15)19-7-4-12-25-19/h4,7-12,15-16,20-22H,2-3,5-6,13-14H2,1H3. The van der Waals surface area contributed by atoms with Gasteiger partial charge in [-0.2, -0.15) is 0 Å². The van der Waals surface area contributed by atoms with Gasteiger partial charge in [0.1, 0.15) is 24.2 Å². The molecule has 1 aliphatic carbocycles. The molecule has 3 rings (SSSR count). The summed E-state index contributed by atoms with van der Waals surface area (Å²) >= 11 is 1.80. The molecule has 0 aliphatic heterocycles. The third-order valence-electron chi connectivity index (χ3n) is 4.80. The molecule has 2 aromatic rings. The number of aliphatic hydroxyl groups excluding tert-OH is 1. The average molecular weight is 362 g/mol. The van der Waals surface area contributed by atoms with Crippen molar-refractivity contribution in [2.45, 2.75) is 37.8 Å². The molecule has 25 heavy (non-hydrogen) atoms. The molecule has 1 saturated carbocycles. The van der Waals surface area contributed by atoms with E-state index in [1.807, 2.05) is 24.3 Å². The molecule has 0 saturated heterocycles. The summed E-state index contributed by atoms with van der Waals surface area (Å²) in [4.78, 5) is 1.37. The van der Waals surface area contributed by atoms with E-state index in [0.29, 0.717) is 18.5 Å². The van der Waals surface area contributed by atoms with E-state index in [0.717, 1.165) is 11.5 Å². The Hall–Kier alpha value is -1.56. The van der Waals surface area contributed by atoms with Crippen LogP contribution in [0.5, 0.6) is 11.5 Å². The van der Waals surface area contributed by atoms with Gasteiger partial charge in [0, 0.05) is 17.5 Å². The highest BCUT2D eigenvalue weighted by molar-refractivity contribution is 7.10. The van der Waals surface area contributed by atoms with Gasteiger partial charge in [0.25, 0.3) is 0 Å². The van der Waals surface area contributed by atoms with E-state index in [1.165, 1.54) is 30.6 Å². The first-order valence-corrected chi connectivity index (χ1v) is 9.86. The van der Waals surface area contributed by atoms with E-state index in [4.69, 9.17) is 9.47 Å². The molecule has 1 fully saturated rings. The minimum Gasteiger partial charge on any atom is -0.497 e. The van der Waals surface area contributed by atoms with Crippen molar-refractivity contribution in [3.63, 3.8) is 0 Å². The maximum Gasteiger partial charge on any atom is 0.119 e. The van der Waals surface area contributed by atoms with Gasteiger partial charge in [-0.1, -0.05) is 18.9 Å². The Morgan fingerprint density at radius 1 is 1.16 bits per heavy atom. The van der Waals surface area contributed by atoms with Gasteiger partial charge in [-0.05, 0) is 54.5 Å². The second-order valence-corrected chi connectivity index (χ2v) is 7.57. The van der Waals surface area contributed by atoms with Gasteiger partial charge in [-0.15, -0.1) is 11.3 Å². The van der Waals surface area contributed by atoms with Crippen LogP contribution in [0.3, 0.4) is 0 Å². The molecule has 4 nitrogen and oxygen atoms in total. The Morgan fingerprint density at radius 2 is 1.88 bits per heavy atom. The van der Waals surface area contributed by atoms with Crippen LogP contribution in [-0.2, 0) is 0 Å². The van der Waals surface area contributed by atoms with E-state index < -0.39 is 6.10 Å². The van der Waals surface area contributed by atoms with Crippen molar-refractivity contribution in [1.82, 2.24) is 5.32 Å². The fourth-order valence-corrected chi connectivity index (χ4v) is 4.34. The van der Waals surface area contributed by atoms with Gasteiger partial charge in [0.2, 0.25) is 0 Å². The summed E-state index contributed by atoms with van der Waals surface area (Å²) in [6, 6.07) is 12.1. The summed E-state index contributed by atoms with van der Waals surface area (Å²) in [7, 11) is 1.64. The lowest BCUT2D eigenvalue weighted by atomic mass is 9.96. The van der Waals surface area contributed by atoms with Crippen LogP contribution in [-0.4, -0.2) is 31.5 Å². The zero-order chi connectivity index (χ0) is 17.5. The molecule has 1 aromatic heterocycles. The van der Waals surface area contributed by atoms with E-state index in [-0.39, 0.29) is 6.61 Å². The summed E-state index contributed by atoms with van der Waals surface area (Å²) in [5.74, 6) is 2.21. The van der Waals surface area contributed by atoms with E-state index in [1.54, 1.807) is 18.4 Å². The Bertz CT molecular complexity index is 608. The number of methoxy groups -OCH3 is 1. The quantitative estimate of drug-likeness (QED) is 0.708. The van der Waals surface area contributed by atoms with Crippen molar-refractivity contribution in [3.8, 4) is 11.5 Å². The molecule has 2 atom stereocenters. The minimum absolute atomic E-state index is 0.279. The molecule has 2 unspecified atom stereocenters. The number of thiophene rings is 1. The van der Waals surface area contributed by atoms with Crippen LogP contribution in [0.4, 0.5) is 0 Å². The maximum atomic E-state index is 10.3. The highest BCUT2D eigenvalue weighted by Crippen LogP contribution is 2.37. The predicted molar refractivity (Wildman–Crippen MR) is 102 cm³/mol. The van der Waals surface area contributed by atoms with Crippen LogP contribution in [0, 0.1) is 5.92 Å². The molecule has 0 amide bonds. The average Bonchev–Trinajstić information content (AvgIpc) is 3.35. The number of hydrogen-bond donors (Lipinski definition) is 2. The van der Waals surface area contributed by atoms with Crippen LogP contribution < -0.4 is 14.8 Å². The lowest BCUT2D eigenvalue weighted by Gasteiger charge is -2.25. The van der Waals surface area contributed by atoms with Crippen LogP contribution in [0.2, 0.25) is 0 Å². The Labute approximate surface area is 153 Å². The molecule has 0 bridgehead atoms. The molecular weight excluding hydrogens is 334 g/mol. The van der Waals surface area contributed by atoms with Crippen molar-refractivity contribution >= 4 is 11.3 Å². The Morgan fingerprint density at radius 3 is 2.52 bits per heavy atom. The largest absolute Gasteiger partial charge is 0.497 e. The number of nitrogens with one attached hydrogen (secondary N) is 1. The second kappa shape index (κ2) is 9.22. The minimum atomic E-state index is -0.536. The molecular formula is C20H27NO3S. The molecule has 1 heterocycles. The van der Waals surface area contributed by atoms with E-state index in [9.17, 15) is 5.11 Å². The van der Waals surface area contributed by atoms with E-state index >= 15 is 0 Å². The summed E-state index contributed by atoms with van der Waals surface area (Å²) in [5, 5.41) is 16.0. The van der Waals surface area contributed by atoms with Crippen molar-refractivity contribution < 1.29 is 14.6 Å². The Kier molecular flexibility index (Phi) is 6.73. The normalized spacial score (nSPS) is 17.4. The maximum absolute atomic E-state index is 10.3. The second-order valence-electron chi connectivity index (χ2n) is 6.59. The first-order chi connectivity index (χ1) is 12.3. The van der Waals surface area contributed by atoms with Crippen LogP contribution >= 0.6 is 11.3 Å². The van der Waals surface area contributed by atoms with Gasteiger partial charge in [-0.25, -0.2) is 0 Å². The van der Waals surface area contributed by atoms with Gasteiger partial charge in [0.05, 0.1) is 7.11 Å². The molecule has 5 heteroatoms. The lowest BCUT2D eigenvalue weighted by molar-refractivity contribution is 0.101. The van der Waals surface area contributed by atoms with Gasteiger partial charge in [-0.3, -0.25) is 0 Å². The SMILES string of the molecule is COc1ccc(OCC(O)CNC(c2cccs2)C2CCCC2)cc1. The first kappa shape index (κ1) is 18.2. The number of rotatable bonds is 9. The monoisotopic (exact) mass is 361 g/mol. The highest BCUT2D eigenvalue weighted by Gasteiger charge is 2.27. The number of hydrogen-bond acceptors (Lipinski definition) is 5. The fraction of sp³-hybridized carbons (Fsp3) is 0.500. The fourth-order valence-electron chi connectivity index (χ4n) is 3.44. The van der Waals surface area contributed by atoms with Crippen molar-refractivity contribution in [2.24, 2.45) is 5.92 Å². The zero-order valence-electron chi connectivity index (χ0n) is 14.7. The molecule has 1 aliphatic rings. The summed E-state index contributed by atoms with van der Waals surface area (Å²) in [5.41, 5.74) is 0. The predicted octanol–water partition coefficient (Wildman–Crippen LogP) is 4.02. The topological polar surface area (TPSA) is 50.7 Å². The molecule has 136 valence electrons. The molecule has 2 N–H and O–H groups in total. The van der Waals surface area contributed by atoms with Crippen molar-refractivity contribution in [2.75, 3.05) is 20.3 Å². The van der Waals surface area contributed by atoms with Gasteiger partial charge in [0.15, 0.2) is 0 Å². The summed E-state index contributed by atoms with van der Waals surface area (Å²) in [6.07, 6.45) is 4.64. The number of aliphatic hydroxyl groups is 1. The summed E-state index contributed by atoms with van der Waals surface area (Å²) < 4.78 is 10.8. The van der Waals surface area contributed by atoms with E-state index in [2.05, 4.69) is 22.8 Å². The third kappa shape index (κ3) is 5.21. The first-order valence-electron chi connectivity index (χ1n) is 8.98. The number of ether oxygens (including phenoxy) is 2. The lowest BCUT2D eigenvalue weighted by Crippen LogP contribution is -2.36. The molecule has 0 radical (unpaired) electrons. The zero-order valence-corrected chi connectivity index (χ0v) is 15.5. The van der Waals surface area contributed by atoms with Gasteiger partial charge < -0.3 is 19.9 Å². The molecule has 0 spiro atoms. The third-order valence-corrected chi connectivity index (χ3v) is 5.75. The number of benzene rings is 1. The van der Waals surface area contributed by atoms with Crippen molar-refractivity contribution in [3.05, 3.63) is 46.7 Å². The molecule has 1 aromatic carbocycles. The highest BCUT2D eigenvalue weighted by atomic mass is 32.1. The summed E-state index contributed by atoms with van der Waals surface area (Å²) in [6.45, 7) is 0.816. The smallest absolute Gasteiger partial charge is 0.119 e.